The first-order valence-electron chi connectivity index (χ1n) is 7.20. The predicted molar refractivity (Wildman–Crippen MR) is 75.4 cm³/mol. The number of carbonyl (C=O) groups is 2. The minimum atomic E-state index is -5.04. The Morgan fingerprint density at radius 1 is 1.00 bits per heavy atom. The maximum Gasteiger partial charge on any atom is 0.416 e. The molecule has 0 aliphatic heterocycles. The van der Waals surface area contributed by atoms with Crippen molar-refractivity contribution in [3.8, 4) is 0 Å². The van der Waals surface area contributed by atoms with E-state index in [0.717, 1.165) is 6.08 Å². The molecule has 1 aliphatic carbocycles. The second-order valence-electron chi connectivity index (χ2n) is 5.90. The van der Waals surface area contributed by atoms with Crippen LogP contribution < -0.4 is 5.32 Å². The number of ketones is 1. The molecule has 1 aromatic rings. The molecular formula is C16H13F6NO2. The lowest BCUT2D eigenvalue weighted by Gasteiger charge is -2.19. The van der Waals surface area contributed by atoms with Gasteiger partial charge in [-0.2, -0.15) is 26.3 Å². The van der Waals surface area contributed by atoms with E-state index >= 15 is 0 Å². The van der Waals surface area contributed by atoms with Gasteiger partial charge in [-0.05, 0) is 30.5 Å². The lowest BCUT2D eigenvalue weighted by atomic mass is 9.93. The number of rotatable bonds is 2. The van der Waals surface area contributed by atoms with Crippen LogP contribution in [0.15, 0.2) is 30.0 Å². The molecule has 1 aliphatic rings. The van der Waals surface area contributed by atoms with Crippen molar-refractivity contribution in [1.29, 1.82) is 0 Å². The van der Waals surface area contributed by atoms with E-state index in [1.54, 1.807) is 6.92 Å². The van der Waals surface area contributed by atoms with Crippen molar-refractivity contribution in [2.75, 3.05) is 0 Å². The van der Waals surface area contributed by atoms with E-state index in [1.165, 1.54) is 0 Å². The Labute approximate surface area is 138 Å². The molecule has 0 spiro atoms. The summed E-state index contributed by atoms with van der Waals surface area (Å²) in [5.41, 5.74) is -3.77. The van der Waals surface area contributed by atoms with Crippen LogP contribution in [0.5, 0.6) is 0 Å². The highest BCUT2D eigenvalue weighted by atomic mass is 19.4. The van der Waals surface area contributed by atoms with Gasteiger partial charge in [0.25, 0.3) is 5.91 Å². The third kappa shape index (κ3) is 4.83. The average Bonchev–Trinajstić information content (AvgIpc) is 2.43. The Kier molecular flexibility index (Phi) is 4.97. The minimum absolute atomic E-state index is 0.0533. The maximum atomic E-state index is 12.8. The van der Waals surface area contributed by atoms with Crippen molar-refractivity contribution in [3.63, 3.8) is 0 Å². The topological polar surface area (TPSA) is 46.2 Å². The van der Waals surface area contributed by atoms with Gasteiger partial charge in [0.1, 0.15) is 0 Å². The largest absolute Gasteiger partial charge is 0.416 e. The zero-order valence-electron chi connectivity index (χ0n) is 12.9. The Bertz CT molecular complexity index is 701. The summed E-state index contributed by atoms with van der Waals surface area (Å²) in [6.07, 6.45) is -8.38. The summed E-state index contributed by atoms with van der Waals surface area (Å²) in [7, 11) is 0. The number of carbonyl (C=O) groups excluding carboxylic acids is 2. The van der Waals surface area contributed by atoms with Crippen molar-refractivity contribution in [2.24, 2.45) is 5.92 Å². The van der Waals surface area contributed by atoms with Crippen LogP contribution in [0.25, 0.3) is 0 Å². The van der Waals surface area contributed by atoms with Gasteiger partial charge in [0.15, 0.2) is 5.78 Å². The second-order valence-corrected chi connectivity index (χ2v) is 5.90. The lowest BCUT2D eigenvalue weighted by molar-refractivity contribution is -0.143. The molecule has 136 valence electrons. The zero-order chi connectivity index (χ0) is 19.0. The molecule has 0 saturated carbocycles. The molecule has 1 amide bonds. The Morgan fingerprint density at radius 3 is 1.96 bits per heavy atom. The fraction of sp³-hybridized carbons (Fsp3) is 0.375. The highest BCUT2D eigenvalue weighted by Crippen LogP contribution is 2.36. The van der Waals surface area contributed by atoms with Crippen molar-refractivity contribution < 1.29 is 35.9 Å². The second kappa shape index (κ2) is 6.53. The molecule has 0 saturated heterocycles. The Hall–Kier alpha value is -2.32. The normalized spacial score (nSPS) is 18.8. The third-order valence-electron chi connectivity index (χ3n) is 3.58. The van der Waals surface area contributed by atoms with E-state index in [-0.39, 0.29) is 29.9 Å². The first kappa shape index (κ1) is 19.0. The number of alkyl halides is 6. The van der Waals surface area contributed by atoms with Gasteiger partial charge in [0.05, 0.1) is 11.1 Å². The molecule has 0 radical (unpaired) electrons. The summed E-state index contributed by atoms with van der Waals surface area (Å²) in [4.78, 5) is 23.5. The number of hydrogen-bond acceptors (Lipinski definition) is 2. The van der Waals surface area contributed by atoms with Gasteiger partial charge < -0.3 is 5.32 Å². The third-order valence-corrected chi connectivity index (χ3v) is 3.58. The molecule has 1 unspecified atom stereocenters. The van der Waals surface area contributed by atoms with Gasteiger partial charge in [0.2, 0.25) is 0 Å². The molecule has 0 aromatic heterocycles. The molecule has 25 heavy (non-hydrogen) atoms. The summed E-state index contributed by atoms with van der Waals surface area (Å²) in [6, 6.07) is 0.640. The standard InChI is InChI=1S/C16H13F6NO2/c1-8-2-12(7-13(24)3-8)23-14(25)9-4-10(15(17,18)19)6-11(5-9)16(20,21)22/h4-8H,2-3H2,1H3,(H,23,25). The highest BCUT2D eigenvalue weighted by Gasteiger charge is 2.37. The van der Waals surface area contributed by atoms with Crippen molar-refractivity contribution in [3.05, 3.63) is 46.7 Å². The predicted octanol–water partition coefficient (Wildman–Crippen LogP) is 4.34. The fourth-order valence-corrected chi connectivity index (χ4v) is 2.49. The fourth-order valence-electron chi connectivity index (χ4n) is 2.49. The number of halogens is 6. The van der Waals surface area contributed by atoms with E-state index in [1.807, 2.05) is 0 Å². The summed E-state index contributed by atoms with van der Waals surface area (Å²) >= 11 is 0. The number of nitrogens with one attached hydrogen (secondary N) is 1. The number of benzene rings is 1. The SMILES string of the molecule is CC1CC(=O)C=C(NC(=O)c2cc(C(F)(F)F)cc(C(F)(F)F)c2)C1. The van der Waals surface area contributed by atoms with E-state index in [0.29, 0.717) is 18.6 Å². The van der Waals surface area contributed by atoms with E-state index < -0.39 is 35.0 Å². The summed E-state index contributed by atoms with van der Waals surface area (Å²) in [5.74, 6) is -1.49. The maximum absolute atomic E-state index is 12.8. The van der Waals surface area contributed by atoms with Gasteiger partial charge >= 0.3 is 12.4 Å². The number of allylic oxidation sites excluding steroid dienone is 2. The van der Waals surface area contributed by atoms with Gasteiger partial charge in [-0.15, -0.1) is 0 Å². The molecular weight excluding hydrogens is 352 g/mol. The average molecular weight is 365 g/mol. The molecule has 1 atom stereocenters. The molecule has 9 heteroatoms. The monoisotopic (exact) mass is 365 g/mol. The van der Waals surface area contributed by atoms with Crippen LogP contribution in [0.1, 0.15) is 41.3 Å². The van der Waals surface area contributed by atoms with Crippen molar-refractivity contribution in [2.45, 2.75) is 32.1 Å². The number of hydrogen-bond donors (Lipinski definition) is 1. The van der Waals surface area contributed by atoms with Crippen molar-refractivity contribution in [1.82, 2.24) is 5.32 Å². The van der Waals surface area contributed by atoms with Gasteiger partial charge in [0, 0.05) is 23.8 Å². The lowest BCUT2D eigenvalue weighted by Crippen LogP contribution is -2.28. The molecule has 0 fully saturated rings. The molecule has 0 bridgehead atoms. The van der Waals surface area contributed by atoms with Crippen LogP contribution in [0.2, 0.25) is 0 Å². The first-order valence-corrected chi connectivity index (χ1v) is 7.20. The molecule has 3 nitrogen and oxygen atoms in total. The number of amides is 1. The van der Waals surface area contributed by atoms with E-state index in [9.17, 15) is 35.9 Å². The van der Waals surface area contributed by atoms with Crippen LogP contribution in [-0.4, -0.2) is 11.7 Å². The summed E-state index contributed by atoms with van der Waals surface area (Å²) in [5, 5.41) is 2.22. The van der Waals surface area contributed by atoms with Gasteiger partial charge in [-0.3, -0.25) is 9.59 Å². The quantitative estimate of drug-likeness (QED) is 0.793. The van der Waals surface area contributed by atoms with Gasteiger partial charge in [-0.25, -0.2) is 0 Å². The first-order chi connectivity index (χ1) is 11.4. The van der Waals surface area contributed by atoms with E-state index in [2.05, 4.69) is 5.32 Å². The van der Waals surface area contributed by atoms with Crippen LogP contribution in [0.4, 0.5) is 26.3 Å². The highest BCUT2D eigenvalue weighted by molar-refractivity contribution is 5.97. The summed E-state index contributed by atoms with van der Waals surface area (Å²) in [6.45, 7) is 1.74. The Morgan fingerprint density at radius 2 is 1.52 bits per heavy atom. The van der Waals surface area contributed by atoms with Gasteiger partial charge in [-0.1, -0.05) is 6.92 Å². The van der Waals surface area contributed by atoms with Crippen LogP contribution >= 0.6 is 0 Å². The molecule has 1 aromatic carbocycles. The molecule has 2 rings (SSSR count). The molecule has 1 N–H and O–H groups in total. The van der Waals surface area contributed by atoms with Crippen LogP contribution in [0, 0.1) is 5.92 Å². The summed E-state index contributed by atoms with van der Waals surface area (Å²) < 4.78 is 76.8. The molecule has 0 heterocycles. The smallest absolute Gasteiger partial charge is 0.326 e. The minimum Gasteiger partial charge on any atom is -0.326 e. The van der Waals surface area contributed by atoms with Crippen molar-refractivity contribution >= 4 is 11.7 Å². The zero-order valence-corrected chi connectivity index (χ0v) is 12.9. The van der Waals surface area contributed by atoms with E-state index in [4.69, 9.17) is 0 Å². The van der Waals surface area contributed by atoms with Crippen LogP contribution in [-0.2, 0) is 17.1 Å². The van der Waals surface area contributed by atoms with Crippen LogP contribution in [0.3, 0.4) is 0 Å². The Balaban J connectivity index is 2.37.